The summed E-state index contributed by atoms with van der Waals surface area (Å²) in [5.74, 6) is 4.58. The monoisotopic (exact) mass is 289 g/mol. The molecule has 4 aliphatic carbocycles. The topological polar surface area (TPSA) is 51.0 Å². The molecule has 1 atom stereocenters. The van der Waals surface area contributed by atoms with E-state index in [2.05, 4.69) is 22.4 Å². The number of rotatable bonds is 5. The van der Waals surface area contributed by atoms with Crippen molar-refractivity contribution in [2.24, 2.45) is 23.2 Å². The predicted octanol–water partition coefficient (Wildman–Crippen LogP) is 3.12. The van der Waals surface area contributed by atoms with Crippen LogP contribution in [-0.2, 0) is 6.42 Å². The van der Waals surface area contributed by atoms with Gasteiger partial charge >= 0.3 is 0 Å². The highest BCUT2D eigenvalue weighted by Gasteiger charge is 2.52. The molecule has 4 heteroatoms. The van der Waals surface area contributed by atoms with Crippen molar-refractivity contribution in [2.75, 3.05) is 6.54 Å². The minimum absolute atomic E-state index is 0.585. The Morgan fingerprint density at radius 3 is 2.33 bits per heavy atom. The molecule has 4 fully saturated rings. The Hall–Kier alpha value is -0.900. The van der Waals surface area contributed by atoms with Gasteiger partial charge in [0.2, 0.25) is 5.89 Å². The van der Waals surface area contributed by atoms with Crippen molar-refractivity contribution >= 4 is 0 Å². The Bertz CT molecular complexity index is 475. The fourth-order valence-corrected chi connectivity index (χ4v) is 5.77. The summed E-state index contributed by atoms with van der Waals surface area (Å²) < 4.78 is 5.03. The first kappa shape index (κ1) is 13.7. The Morgan fingerprint density at radius 2 is 1.81 bits per heavy atom. The molecular formula is C17H27N3O. The van der Waals surface area contributed by atoms with Gasteiger partial charge in [0, 0.05) is 25.9 Å². The number of nitrogens with zero attached hydrogens (tertiary/aromatic N) is 2. The average molecular weight is 289 g/mol. The molecule has 0 amide bonds. The van der Waals surface area contributed by atoms with E-state index in [-0.39, 0.29) is 0 Å². The van der Waals surface area contributed by atoms with Crippen LogP contribution in [0.1, 0.15) is 57.2 Å². The van der Waals surface area contributed by atoms with Gasteiger partial charge in [0.05, 0.1) is 0 Å². The molecule has 0 spiro atoms. The van der Waals surface area contributed by atoms with Crippen LogP contribution in [0.5, 0.6) is 0 Å². The molecule has 21 heavy (non-hydrogen) atoms. The third-order valence-electron chi connectivity index (χ3n) is 6.37. The van der Waals surface area contributed by atoms with Crippen LogP contribution in [0.25, 0.3) is 0 Å². The fourth-order valence-electron chi connectivity index (χ4n) is 5.77. The van der Waals surface area contributed by atoms with Gasteiger partial charge in [-0.2, -0.15) is 4.98 Å². The Balaban J connectivity index is 1.35. The number of hydrogen-bond donors (Lipinski definition) is 1. The van der Waals surface area contributed by atoms with E-state index < -0.39 is 0 Å². The van der Waals surface area contributed by atoms with Crippen LogP contribution in [0, 0.1) is 30.1 Å². The molecule has 1 aromatic rings. The third kappa shape index (κ3) is 2.52. The van der Waals surface area contributed by atoms with Crippen LogP contribution in [0.2, 0.25) is 0 Å². The van der Waals surface area contributed by atoms with Gasteiger partial charge in [0.1, 0.15) is 0 Å². The summed E-state index contributed by atoms with van der Waals surface area (Å²) in [5.41, 5.74) is 0.585. The van der Waals surface area contributed by atoms with Gasteiger partial charge in [-0.25, -0.2) is 0 Å². The van der Waals surface area contributed by atoms with Gasteiger partial charge in [-0.3, -0.25) is 0 Å². The van der Waals surface area contributed by atoms with Crippen LogP contribution < -0.4 is 5.32 Å². The lowest BCUT2D eigenvalue weighted by Crippen LogP contribution is -2.55. The normalized spacial score (nSPS) is 38.9. The zero-order valence-electron chi connectivity index (χ0n) is 13.3. The molecule has 0 radical (unpaired) electrons. The highest BCUT2D eigenvalue weighted by Crippen LogP contribution is 2.61. The van der Waals surface area contributed by atoms with Gasteiger partial charge in [-0.15, -0.1) is 0 Å². The molecule has 5 rings (SSSR count). The maximum Gasteiger partial charge on any atom is 0.223 e. The van der Waals surface area contributed by atoms with Gasteiger partial charge in [0.25, 0.3) is 0 Å². The first-order valence-electron chi connectivity index (χ1n) is 8.65. The maximum atomic E-state index is 5.03. The molecule has 0 aliphatic heterocycles. The summed E-state index contributed by atoms with van der Waals surface area (Å²) in [4.78, 5) is 4.28. The van der Waals surface area contributed by atoms with Crippen LogP contribution in [0.3, 0.4) is 0 Å². The first-order valence-corrected chi connectivity index (χ1v) is 8.65. The summed E-state index contributed by atoms with van der Waals surface area (Å²) in [5, 5.41) is 7.75. The van der Waals surface area contributed by atoms with Crippen molar-refractivity contribution < 1.29 is 4.52 Å². The molecular weight excluding hydrogens is 262 g/mol. The lowest BCUT2D eigenvalue weighted by molar-refractivity contribution is -0.0702. The molecule has 4 nitrogen and oxygen atoms in total. The van der Waals surface area contributed by atoms with E-state index in [1.807, 2.05) is 6.92 Å². The van der Waals surface area contributed by atoms with E-state index in [0.717, 1.165) is 36.5 Å². The molecule has 116 valence electrons. The highest BCUT2D eigenvalue weighted by atomic mass is 16.5. The SMILES string of the molecule is Cc1nc(CCNC(C)C23CC4CC(CC(C4)C2)C3)no1. The van der Waals surface area contributed by atoms with Crippen LogP contribution in [0.15, 0.2) is 4.52 Å². The van der Waals surface area contributed by atoms with E-state index in [9.17, 15) is 0 Å². The molecule has 1 aromatic heterocycles. The van der Waals surface area contributed by atoms with E-state index in [4.69, 9.17) is 4.52 Å². The van der Waals surface area contributed by atoms with E-state index in [0.29, 0.717) is 17.3 Å². The zero-order chi connectivity index (χ0) is 14.4. The maximum absolute atomic E-state index is 5.03. The molecule has 0 saturated heterocycles. The Kier molecular flexibility index (Phi) is 3.32. The van der Waals surface area contributed by atoms with E-state index in [1.165, 1.54) is 38.5 Å². The highest BCUT2D eigenvalue weighted by molar-refractivity contribution is 5.05. The summed E-state index contributed by atoms with van der Waals surface area (Å²) in [6, 6.07) is 0.624. The van der Waals surface area contributed by atoms with Crippen LogP contribution >= 0.6 is 0 Å². The minimum atomic E-state index is 0.585. The number of nitrogens with one attached hydrogen (secondary N) is 1. The lowest BCUT2D eigenvalue weighted by atomic mass is 9.48. The molecule has 0 aromatic carbocycles. The van der Waals surface area contributed by atoms with E-state index in [1.54, 1.807) is 0 Å². The predicted molar refractivity (Wildman–Crippen MR) is 80.8 cm³/mol. The van der Waals surface area contributed by atoms with Gasteiger partial charge in [0.15, 0.2) is 5.82 Å². The molecule has 4 saturated carbocycles. The Morgan fingerprint density at radius 1 is 1.19 bits per heavy atom. The van der Waals surface area contributed by atoms with Crippen molar-refractivity contribution in [2.45, 2.75) is 64.8 Å². The minimum Gasteiger partial charge on any atom is -0.340 e. The van der Waals surface area contributed by atoms with Crippen molar-refractivity contribution in [3.63, 3.8) is 0 Å². The second-order valence-corrected chi connectivity index (χ2v) is 7.94. The smallest absolute Gasteiger partial charge is 0.223 e. The van der Waals surface area contributed by atoms with Crippen LogP contribution in [-0.4, -0.2) is 22.7 Å². The number of hydrogen-bond acceptors (Lipinski definition) is 4. The quantitative estimate of drug-likeness (QED) is 0.905. The summed E-state index contributed by atoms with van der Waals surface area (Å²) in [7, 11) is 0. The summed E-state index contributed by atoms with van der Waals surface area (Å²) in [6.45, 7) is 5.22. The first-order chi connectivity index (χ1) is 10.1. The summed E-state index contributed by atoms with van der Waals surface area (Å²) >= 11 is 0. The van der Waals surface area contributed by atoms with E-state index >= 15 is 0 Å². The summed E-state index contributed by atoms with van der Waals surface area (Å²) in [6.07, 6.45) is 9.84. The largest absolute Gasteiger partial charge is 0.340 e. The zero-order valence-corrected chi connectivity index (χ0v) is 13.3. The van der Waals surface area contributed by atoms with Crippen molar-refractivity contribution in [3.8, 4) is 0 Å². The standard InChI is InChI=1S/C17H27N3O/c1-11(18-4-3-16-19-12(2)21-20-16)17-8-13-5-14(9-17)7-15(6-13)10-17/h11,13-15,18H,3-10H2,1-2H3. The average Bonchev–Trinajstić information content (AvgIpc) is 2.83. The molecule has 4 aliphatic rings. The fraction of sp³-hybridized carbons (Fsp3) is 0.882. The Labute approximate surface area is 127 Å². The van der Waals surface area contributed by atoms with Gasteiger partial charge in [-0.1, -0.05) is 5.16 Å². The van der Waals surface area contributed by atoms with Crippen molar-refractivity contribution in [1.29, 1.82) is 0 Å². The van der Waals surface area contributed by atoms with Crippen molar-refractivity contribution in [1.82, 2.24) is 15.5 Å². The number of aromatic nitrogens is 2. The van der Waals surface area contributed by atoms with Gasteiger partial charge < -0.3 is 9.84 Å². The van der Waals surface area contributed by atoms with Crippen molar-refractivity contribution in [3.05, 3.63) is 11.7 Å². The molecule has 1 heterocycles. The lowest BCUT2D eigenvalue weighted by Gasteiger charge is -2.59. The third-order valence-corrected chi connectivity index (χ3v) is 6.37. The molecule has 1 N–H and O–H groups in total. The molecule has 1 unspecified atom stereocenters. The van der Waals surface area contributed by atoms with Gasteiger partial charge in [-0.05, 0) is 68.6 Å². The second kappa shape index (κ2) is 5.08. The molecule has 4 bridgehead atoms. The second-order valence-electron chi connectivity index (χ2n) is 7.94. The number of aryl methyl sites for hydroxylation is 1. The van der Waals surface area contributed by atoms with Crippen LogP contribution in [0.4, 0.5) is 0 Å².